The van der Waals surface area contributed by atoms with Crippen LogP contribution in [0.4, 0.5) is 5.69 Å². The van der Waals surface area contributed by atoms with E-state index in [0.29, 0.717) is 17.1 Å². The minimum absolute atomic E-state index is 0.361. The van der Waals surface area contributed by atoms with Gasteiger partial charge in [-0.15, -0.1) is 11.3 Å². The summed E-state index contributed by atoms with van der Waals surface area (Å²) in [6.45, 7) is 3.38. The minimum Gasteiger partial charge on any atom is -0.312 e. The molecule has 0 aliphatic rings. The highest BCUT2D eigenvalue weighted by atomic mass is 32.2. The quantitative estimate of drug-likeness (QED) is 0.862. The first-order chi connectivity index (χ1) is 8.63. The van der Waals surface area contributed by atoms with Crippen LogP contribution in [0.1, 0.15) is 11.8 Å². The molecule has 2 rings (SSSR count). The van der Waals surface area contributed by atoms with Crippen molar-refractivity contribution in [1.29, 1.82) is 0 Å². The van der Waals surface area contributed by atoms with Crippen LogP contribution in [0.3, 0.4) is 0 Å². The molecule has 18 heavy (non-hydrogen) atoms. The summed E-state index contributed by atoms with van der Waals surface area (Å²) in [5.74, 6) is 0. The lowest BCUT2D eigenvalue weighted by Gasteiger charge is -2.07. The molecule has 2 N–H and O–H groups in total. The third kappa shape index (κ3) is 3.11. The van der Waals surface area contributed by atoms with Gasteiger partial charge >= 0.3 is 0 Å². The maximum absolute atomic E-state index is 12.2. The van der Waals surface area contributed by atoms with E-state index in [4.69, 9.17) is 0 Å². The van der Waals surface area contributed by atoms with Gasteiger partial charge in [-0.3, -0.25) is 4.72 Å². The van der Waals surface area contributed by atoms with Crippen LogP contribution in [0, 0.1) is 0 Å². The second-order valence-corrected chi connectivity index (χ2v) is 7.04. The lowest BCUT2D eigenvalue weighted by atomic mass is 10.4. The summed E-state index contributed by atoms with van der Waals surface area (Å²) in [7, 11) is -3.47. The van der Waals surface area contributed by atoms with Gasteiger partial charge in [0.1, 0.15) is 4.90 Å². The Bertz CT molecular complexity index is 588. The van der Waals surface area contributed by atoms with Gasteiger partial charge in [-0.25, -0.2) is 8.42 Å². The van der Waals surface area contributed by atoms with Crippen LogP contribution in [0.2, 0.25) is 0 Å². The molecule has 0 bridgehead atoms. The van der Waals surface area contributed by atoms with Crippen LogP contribution >= 0.6 is 22.7 Å². The van der Waals surface area contributed by atoms with E-state index in [2.05, 4.69) is 10.0 Å². The van der Waals surface area contributed by atoms with Crippen LogP contribution in [-0.2, 0) is 16.6 Å². The fourth-order valence-electron chi connectivity index (χ4n) is 1.47. The first-order valence-corrected chi connectivity index (χ1v) is 8.76. The van der Waals surface area contributed by atoms with Crippen molar-refractivity contribution in [3.63, 3.8) is 0 Å². The molecule has 0 spiro atoms. The molecule has 98 valence electrons. The van der Waals surface area contributed by atoms with Gasteiger partial charge in [0.2, 0.25) is 0 Å². The number of nitrogens with one attached hydrogen (secondary N) is 2. The predicted octanol–water partition coefficient (Wildman–Crippen LogP) is 2.72. The number of rotatable bonds is 6. The standard InChI is InChI=1S/C11H14N2O2S3/c1-2-12-7-10-11(4-6-17-10)18(14,15)13-9-3-5-16-8-9/h3-6,8,12-13H,2,7H2,1H3. The van der Waals surface area contributed by atoms with Crippen molar-refractivity contribution >= 4 is 38.4 Å². The van der Waals surface area contributed by atoms with Crippen LogP contribution in [0.25, 0.3) is 0 Å². The summed E-state index contributed by atoms with van der Waals surface area (Å²) in [4.78, 5) is 1.19. The highest BCUT2D eigenvalue weighted by Crippen LogP contribution is 2.25. The Morgan fingerprint density at radius 3 is 2.78 bits per heavy atom. The molecule has 0 aliphatic heterocycles. The molecule has 0 aromatic carbocycles. The smallest absolute Gasteiger partial charge is 0.263 e. The normalized spacial score (nSPS) is 11.6. The molecule has 0 aliphatic carbocycles. The third-order valence-electron chi connectivity index (χ3n) is 2.30. The third-order valence-corrected chi connectivity index (χ3v) is 5.50. The van der Waals surface area contributed by atoms with E-state index in [1.165, 1.54) is 22.7 Å². The molecule has 0 unspecified atom stereocenters. The summed E-state index contributed by atoms with van der Waals surface area (Å²) >= 11 is 2.91. The lowest BCUT2D eigenvalue weighted by molar-refractivity contribution is 0.599. The highest BCUT2D eigenvalue weighted by molar-refractivity contribution is 7.93. The van der Waals surface area contributed by atoms with Gasteiger partial charge < -0.3 is 5.32 Å². The van der Waals surface area contributed by atoms with Gasteiger partial charge in [0.15, 0.2) is 0 Å². The first-order valence-electron chi connectivity index (χ1n) is 5.45. The van der Waals surface area contributed by atoms with Gasteiger partial charge in [0.05, 0.1) is 5.69 Å². The van der Waals surface area contributed by atoms with Crippen molar-refractivity contribution in [2.45, 2.75) is 18.4 Å². The van der Waals surface area contributed by atoms with E-state index < -0.39 is 10.0 Å². The van der Waals surface area contributed by atoms with Crippen LogP contribution in [-0.4, -0.2) is 15.0 Å². The molecule has 7 heteroatoms. The van der Waals surface area contributed by atoms with Crippen molar-refractivity contribution < 1.29 is 8.42 Å². The number of sulfonamides is 1. The Balaban J connectivity index is 2.22. The minimum atomic E-state index is -3.47. The second kappa shape index (κ2) is 5.83. The Labute approximate surface area is 115 Å². The van der Waals surface area contributed by atoms with E-state index in [-0.39, 0.29) is 0 Å². The summed E-state index contributed by atoms with van der Waals surface area (Å²) in [6.07, 6.45) is 0. The Morgan fingerprint density at radius 2 is 2.11 bits per heavy atom. The molecule has 0 saturated heterocycles. The molecule has 0 radical (unpaired) electrons. The summed E-state index contributed by atoms with van der Waals surface area (Å²) in [6, 6.07) is 3.39. The number of thiophene rings is 2. The summed E-state index contributed by atoms with van der Waals surface area (Å²) < 4.78 is 27.0. The maximum atomic E-state index is 12.2. The topological polar surface area (TPSA) is 58.2 Å². The number of anilines is 1. The molecular weight excluding hydrogens is 288 g/mol. The van der Waals surface area contributed by atoms with Crippen LogP contribution < -0.4 is 10.0 Å². The van der Waals surface area contributed by atoms with E-state index in [1.54, 1.807) is 22.9 Å². The van der Waals surface area contributed by atoms with E-state index in [9.17, 15) is 8.42 Å². The molecule has 4 nitrogen and oxygen atoms in total. The monoisotopic (exact) mass is 302 g/mol. The predicted molar refractivity (Wildman–Crippen MR) is 76.8 cm³/mol. The molecule has 0 saturated carbocycles. The summed E-state index contributed by atoms with van der Waals surface area (Å²) in [5, 5.41) is 8.55. The molecule has 0 fully saturated rings. The van der Waals surface area contributed by atoms with Crippen molar-refractivity contribution in [3.8, 4) is 0 Å². The summed E-state index contributed by atoms with van der Waals surface area (Å²) in [5.41, 5.74) is 0.612. The Morgan fingerprint density at radius 1 is 1.28 bits per heavy atom. The maximum Gasteiger partial charge on any atom is 0.263 e. The van der Waals surface area contributed by atoms with Crippen molar-refractivity contribution in [2.75, 3.05) is 11.3 Å². The van der Waals surface area contributed by atoms with Gasteiger partial charge in [-0.1, -0.05) is 6.92 Å². The van der Waals surface area contributed by atoms with Crippen LogP contribution in [0.15, 0.2) is 33.2 Å². The average Bonchev–Trinajstić information content (AvgIpc) is 2.96. The SMILES string of the molecule is CCNCc1sccc1S(=O)(=O)Nc1ccsc1. The van der Waals surface area contributed by atoms with Gasteiger partial charge in [0.25, 0.3) is 10.0 Å². The first kappa shape index (κ1) is 13.5. The van der Waals surface area contributed by atoms with Crippen molar-refractivity contribution in [3.05, 3.63) is 33.2 Å². The lowest BCUT2D eigenvalue weighted by Crippen LogP contribution is -2.17. The van der Waals surface area contributed by atoms with Crippen molar-refractivity contribution in [2.24, 2.45) is 0 Å². The van der Waals surface area contributed by atoms with E-state index in [0.717, 1.165) is 11.4 Å². The molecule has 2 aromatic heterocycles. The number of hydrogen-bond acceptors (Lipinski definition) is 5. The molecule has 2 aromatic rings. The molecule has 0 amide bonds. The highest BCUT2D eigenvalue weighted by Gasteiger charge is 2.19. The molecule has 0 atom stereocenters. The van der Waals surface area contributed by atoms with Crippen molar-refractivity contribution in [1.82, 2.24) is 5.32 Å². The van der Waals surface area contributed by atoms with Gasteiger partial charge in [0, 0.05) is 16.8 Å². The average molecular weight is 302 g/mol. The van der Waals surface area contributed by atoms with Crippen LogP contribution in [0.5, 0.6) is 0 Å². The zero-order valence-electron chi connectivity index (χ0n) is 9.84. The second-order valence-electron chi connectivity index (χ2n) is 3.61. The number of hydrogen-bond donors (Lipinski definition) is 2. The zero-order chi connectivity index (χ0) is 13.0. The fourth-order valence-corrected chi connectivity index (χ4v) is 4.59. The molecule has 2 heterocycles. The largest absolute Gasteiger partial charge is 0.312 e. The zero-order valence-corrected chi connectivity index (χ0v) is 12.3. The van der Waals surface area contributed by atoms with E-state index in [1.807, 2.05) is 12.3 Å². The molecular formula is C11H14N2O2S3. The van der Waals surface area contributed by atoms with E-state index >= 15 is 0 Å². The Kier molecular flexibility index (Phi) is 4.39. The Hall–Kier alpha value is -0.890. The fraction of sp³-hybridized carbons (Fsp3) is 0.273. The van der Waals surface area contributed by atoms with Gasteiger partial charge in [-0.05, 0) is 29.4 Å². The van der Waals surface area contributed by atoms with Gasteiger partial charge in [-0.2, -0.15) is 11.3 Å².